The summed E-state index contributed by atoms with van der Waals surface area (Å²) in [5.74, 6) is 3.27. The Labute approximate surface area is 312 Å². The van der Waals surface area contributed by atoms with Crippen LogP contribution in [0.2, 0.25) is 0 Å². The van der Waals surface area contributed by atoms with Gasteiger partial charge in [-0.15, -0.1) is 0 Å². The fraction of sp³-hybridized carbons (Fsp3) is 0.447. The number of piperazine rings is 1. The van der Waals surface area contributed by atoms with Crippen LogP contribution in [0.25, 0.3) is 0 Å². The van der Waals surface area contributed by atoms with E-state index in [0.717, 1.165) is 49.1 Å². The zero-order chi connectivity index (χ0) is 36.1. The van der Waals surface area contributed by atoms with Crippen LogP contribution in [-0.4, -0.2) is 108 Å². The molecule has 0 aliphatic carbocycles. The zero-order valence-corrected chi connectivity index (χ0v) is 31.9. The maximum Gasteiger partial charge on any atom is 0.256 e. The van der Waals surface area contributed by atoms with Gasteiger partial charge in [0.1, 0.15) is 11.5 Å². The number of hydrogen-bond donors (Lipinski definition) is 1. The van der Waals surface area contributed by atoms with E-state index in [2.05, 4.69) is 37.8 Å². The molecule has 13 heteroatoms. The molecule has 3 aromatic carbocycles. The Bertz CT molecular complexity index is 1750. The molecule has 3 aromatic rings. The number of hydrogen-bond acceptors (Lipinski definition) is 11. The second kappa shape index (κ2) is 16.5. The van der Waals surface area contributed by atoms with Gasteiger partial charge in [-0.1, -0.05) is 6.92 Å². The fourth-order valence-corrected chi connectivity index (χ4v) is 7.72. The van der Waals surface area contributed by atoms with Crippen molar-refractivity contribution < 1.29 is 38.0 Å². The Hall–Kier alpha value is -4.08. The molecule has 2 unspecified atom stereocenters. The van der Waals surface area contributed by atoms with E-state index in [1.807, 2.05) is 36.2 Å². The predicted molar refractivity (Wildman–Crippen MR) is 202 cm³/mol. The van der Waals surface area contributed by atoms with Gasteiger partial charge in [-0.25, -0.2) is 0 Å². The van der Waals surface area contributed by atoms with Crippen LogP contribution in [0.15, 0.2) is 47.5 Å². The molecule has 12 nitrogen and oxygen atoms in total. The summed E-state index contributed by atoms with van der Waals surface area (Å²) in [5.41, 5.74) is 1.72. The van der Waals surface area contributed by atoms with Gasteiger partial charge >= 0.3 is 0 Å². The van der Waals surface area contributed by atoms with Crippen LogP contribution in [0.1, 0.15) is 46.9 Å². The number of halogens is 1. The minimum atomic E-state index is -0.311. The number of ether oxygens (including phenoxy) is 6. The molecular formula is C38H45IN4O8. The number of carbonyl (C=O) groups is 2. The highest BCUT2D eigenvalue weighted by atomic mass is 127. The average molecular weight is 813 g/mol. The van der Waals surface area contributed by atoms with Gasteiger partial charge in [0.25, 0.3) is 5.91 Å². The Balaban J connectivity index is 1.17. The number of amides is 1. The normalized spacial score (nSPS) is 18.3. The van der Waals surface area contributed by atoms with Crippen molar-refractivity contribution in [2.75, 3.05) is 67.8 Å². The lowest BCUT2D eigenvalue weighted by atomic mass is 9.89. The number of fused-ring (bicyclic) bond motifs is 2. The van der Waals surface area contributed by atoms with Gasteiger partial charge in [0.05, 0.1) is 55.9 Å². The molecule has 1 amide bonds. The second-order valence-electron chi connectivity index (χ2n) is 12.8. The van der Waals surface area contributed by atoms with Crippen LogP contribution in [-0.2, 0) is 0 Å². The van der Waals surface area contributed by atoms with Crippen molar-refractivity contribution in [1.29, 1.82) is 0 Å². The van der Waals surface area contributed by atoms with Gasteiger partial charge in [0, 0.05) is 74.7 Å². The highest BCUT2D eigenvalue weighted by Crippen LogP contribution is 2.43. The first-order valence-corrected chi connectivity index (χ1v) is 18.3. The molecule has 272 valence electrons. The molecule has 0 saturated carbocycles. The average Bonchev–Trinajstić information content (AvgIpc) is 3.59. The number of carbonyl (C=O) groups excluding carboxylic acids is 2. The van der Waals surface area contributed by atoms with Gasteiger partial charge < -0.3 is 38.6 Å². The van der Waals surface area contributed by atoms with E-state index in [4.69, 9.17) is 28.4 Å². The Morgan fingerprint density at radius 3 is 2.31 bits per heavy atom. The first-order valence-electron chi connectivity index (χ1n) is 17.2. The van der Waals surface area contributed by atoms with Crippen molar-refractivity contribution in [2.45, 2.75) is 38.3 Å². The Kier molecular flexibility index (Phi) is 11.9. The van der Waals surface area contributed by atoms with Crippen LogP contribution < -0.4 is 33.7 Å². The van der Waals surface area contributed by atoms with Gasteiger partial charge in [-0.3, -0.25) is 19.5 Å². The van der Waals surface area contributed by atoms with Crippen molar-refractivity contribution in [3.63, 3.8) is 0 Å². The van der Waals surface area contributed by atoms with Crippen molar-refractivity contribution in [2.24, 2.45) is 10.9 Å². The molecular weight excluding hydrogens is 767 g/mol. The topological polar surface area (TPSA) is 120 Å². The molecule has 3 heterocycles. The lowest BCUT2D eigenvalue weighted by Gasteiger charge is -2.38. The smallest absolute Gasteiger partial charge is 0.256 e. The molecule has 0 bridgehead atoms. The Morgan fingerprint density at radius 1 is 0.922 bits per heavy atom. The largest absolute Gasteiger partial charge is 0.493 e. The zero-order valence-electron chi connectivity index (χ0n) is 29.7. The van der Waals surface area contributed by atoms with Crippen LogP contribution in [0.3, 0.4) is 0 Å². The first kappa shape index (κ1) is 36.7. The number of benzene rings is 3. The van der Waals surface area contributed by atoms with Crippen LogP contribution in [0, 0.1) is 9.49 Å². The second-order valence-corrected chi connectivity index (χ2v) is 13.9. The van der Waals surface area contributed by atoms with Gasteiger partial charge in [-0.05, 0) is 66.1 Å². The minimum Gasteiger partial charge on any atom is -0.493 e. The molecule has 0 radical (unpaired) electrons. The summed E-state index contributed by atoms with van der Waals surface area (Å²) in [6, 6.07) is 12.4. The van der Waals surface area contributed by atoms with Crippen molar-refractivity contribution >= 4 is 46.2 Å². The molecule has 3 aliphatic heterocycles. The minimum absolute atomic E-state index is 0.0211. The summed E-state index contributed by atoms with van der Waals surface area (Å²) in [6.45, 7) is 6.45. The van der Waals surface area contributed by atoms with E-state index in [9.17, 15) is 9.59 Å². The lowest BCUT2D eigenvalue weighted by molar-refractivity contribution is 0.0720. The number of nitrogens with zero attached hydrogens (tertiary/aromatic N) is 3. The van der Waals surface area contributed by atoms with Crippen molar-refractivity contribution in [1.82, 2.24) is 15.1 Å². The van der Waals surface area contributed by atoms with E-state index in [-0.39, 0.29) is 29.7 Å². The van der Waals surface area contributed by atoms with E-state index in [1.165, 1.54) is 0 Å². The quantitative estimate of drug-likeness (QED) is 0.153. The first-order chi connectivity index (χ1) is 24.8. The molecule has 2 saturated heterocycles. The van der Waals surface area contributed by atoms with E-state index in [1.54, 1.807) is 52.7 Å². The number of Topliss-reactive ketones (excluding diaryl/α,β-unsaturated/α-hetero) is 1. The molecule has 51 heavy (non-hydrogen) atoms. The number of rotatable bonds is 14. The molecule has 0 aromatic heterocycles. The SMILES string of the molecule is COc1cc2c(cc1OCCC(C(C)C(=O)c1ccc(Oc3cc(OC)c(OC)c(OC)c3)c(I)c1)N1CCNCC1)N=C[C@@H]1CCCN1C2=O. The molecule has 1 N–H and O–H groups in total. The number of aliphatic imine (C=N–C) groups is 1. The number of methoxy groups -OCH3 is 4. The van der Waals surface area contributed by atoms with Crippen LogP contribution in [0.5, 0.6) is 40.2 Å². The standard InChI is InChI=1S/C38H45IN4O8/c1-23(36(44)24-8-9-31(28(39)17-24)51-26-18-34(47-3)37(49-5)35(19-26)48-4)30(42-14-11-40-12-15-42)10-16-50-33-21-29-27(20-32(33)46-2)38(45)43-13-6-7-25(43)22-41-29/h8-9,17-23,25,30,40H,6-7,10-16H2,1-5H3/t23?,25-,30?/m0/s1. The lowest BCUT2D eigenvalue weighted by Crippen LogP contribution is -2.52. The van der Waals surface area contributed by atoms with Crippen molar-refractivity contribution in [3.8, 4) is 40.2 Å². The maximum atomic E-state index is 14.1. The summed E-state index contributed by atoms with van der Waals surface area (Å²) >= 11 is 2.19. The van der Waals surface area contributed by atoms with E-state index >= 15 is 0 Å². The van der Waals surface area contributed by atoms with Gasteiger partial charge in [-0.2, -0.15) is 0 Å². The van der Waals surface area contributed by atoms with E-state index < -0.39 is 0 Å². The third-order valence-electron chi connectivity index (χ3n) is 9.82. The highest BCUT2D eigenvalue weighted by Gasteiger charge is 2.34. The molecule has 3 atom stereocenters. The third-order valence-corrected chi connectivity index (χ3v) is 10.7. The van der Waals surface area contributed by atoms with Crippen LogP contribution >= 0.6 is 22.6 Å². The highest BCUT2D eigenvalue weighted by molar-refractivity contribution is 14.1. The van der Waals surface area contributed by atoms with E-state index in [0.29, 0.717) is 70.1 Å². The van der Waals surface area contributed by atoms with Gasteiger partial charge in [0.15, 0.2) is 28.8 Å². The molecule has 3 aliphatic rings. The fourth-order valence-electron chi connectivity index (χ4n) is 7.09. The number of ketones is 1. The summed E-state index contributed by atoms with van der Waals surface area (Å²) in [6.07, 6.45) is 4.37. The predicted octanol–water partition coefficient (Wildman–Crippen LogP) is 6.00. The number of nitrogens with one attached hydrogen (secondary N) is 1. The van der Waals surface area contributed by atoms with Crippen LogP contribution in [0.4, 0.5) is 5.69 Å². The summed E-state index contributed by atoms with van der Waals surface area (Å²) in [4.78, 5) is 36.3. The summed E-state index contributed by atoms with van der Waals surface area (Å²) in [5, 5.41) is 3.42. The monoisotopic (exact) mass is 812 g/mol. The molecule has 0 spiro atoms. The third kappa shape index (κ3) is 7.90. The van der Waals surface area contributed by atoms with Gasteiger partial charge in [0.2, 0.25) is 5.75 Å². The molecule has 6 rings (SSSR count). The molecule has 2 fully saturated rings. The summed E-state index contributed by atoms with van der Waals surface area (Å²) < 4.78 is 35.4. The van der Waals surface area contributed by atoms with Crippen molar-refractivity contribution in [3.05, 3.63) is 57.2 Å². The Morgan fingerprint density at radius 2 is 1.65 bits per heavy atom. The summed E-state index contributed by atoms with van der Waals surface area (Å²) in [7, 11) is 6.23. The maximum absolute atomic E-state index is 14.1.